The largest absolute Gasteiger partial charge is 0.379 e. The Bertz CT molecular complexity index is 360. The molecular formula is C16H31BFN2O3P. The average Bonchev–Trinajstić information content (AvgIpc) is 2.51. The minimum Gasteiger partial charge on any atom is -0.379 e. The maximum atomic E-state index is 12.8. The molecule has 0 bridgehead atoms. The van der Waals surface area contributed by atoms with E-state index in [2.05, 4.69) is 37.2 Å². The summed E-state index contributed by atoms with van der Waals surface area (Å²) in [4.78, 5) is 3.30. The van der Waals surface area contributed by atoms with Crippen molar-refractivity contribution in [2.45, 2.75) is 78.3 Å². The topological polar surface area (TPSA) is 35.3 Å². The highest BCUT2D eigenvalue weighted by Gasteiger charge is 2.31. The number of halogens is 1. The summed E-state index contributed by atoms with van der Waals surface area (Å²) in [5.74, 6) is 0. The molecule has 2 unspecified atom stereocenters. The second-order valence-electron chi connectivity index (χ2n) is 6.12. The predicted molar refractivity (Wildman–Crippen MR) is 97.7 cm³/mol. The summed E-state index contributed by atoms with van der Waals surface area (Å²) in [6.07, 6.45) is -0.423. The van der Waals surface area contributed by atoms with Gasteiger partial charge in [-0.05, 0) is 41.0 Å². The van der Waals surface area contributed by atoms with Crippen LogP contribution >= 0.6 is 8.53 Å². The zero-order valence-corrected chi connectivity index (χ0v) is 16.6. The molecular weight excluding hydrogens is 329 g/mol. The number of nitrogens with zero attached hydrogens (tertiary/aromatic N) is 2. The van der Waals surface area contributed by atoms with Crippen LogP contribution < -0.4 is 0 Å². The molecule has 138 valence electrons. The first-order chi connectivity index (χ1) is 11.3. The van der Waals surface area contributed by atoms with E-state index < -0.39 is 33.4 Å². The van der Waals surface area contributed by atoms with Crippen LogP contribution in [0.4, 0.5) is 4.39 Å². The average molecular weight is 360 g/mol. The Hall–Kier alpha value is -0.245. The summed E-state index contributed by atoms with van der Waals surface area (Å²) in [6, 6.07) is -0.313. The Morgan fingerprint density at radius 1 is 1.21 bits per heavy atom. The molecule has 0 saturated heterocycles. The molecule has 0 aliphatic rings. The molecule has 0 aliphatic heterocycles. The van der Waals surface area contributed by atoms with E-state index in [9.17, 15) is 4.39 Å². The van der Waals surface area contributed by atoms with Gasteiger partial charge in [0.1, 0.15) is 21.1 Å². The molecule has 0 aromatic carbocycles. The minimum absolute atomic E-state index is 0.211. The highest BCUT2D eigenvalue weighted by molar-refractivity contribution is 7.44. The van der Waals surface area contributed by atoms with Crippen molar-refractivity contribution in [3.63, 3.8) is 0 Å². The maximum Gasteiger partial charge on any atom is 0.259 e. The van der Waals surface area contributed by atoms with Crippen LogP contribution in [0.25, 0.3) is 4.85 Å². The molecule has 0 rings (SSSR count). The van der Waals surface area contributed by atoms with Gasteiger partial charge in [0.05, 0.1) is 12.2 Å². The summed E-state index contributed by atoms with van der Waals surface area (Å²) >= 11 is 0. The van der Waals surface area contributed by atoms with Crippen LogP contribution in [0.2, 0.25) is 0 Å². The molecule has 0 amide bonds. The lowest BCUT2D eigenvalue weighted by molar-refractivity contribution is -0.0343. The van der Waals surface area contributed by atoms with E-state index in [1.54, 1.807) is 6.92 Å². The van der Waals surface area contributed by atoms with Gasteiger partial charge in [0.15, 0.2) is 0 Å². The van der Waals surface area contributed by atoms with Crippen molar-refractivity contribution in [3.8, 4) is 0 Å². The van der Waals surface area contributed by atoms with Crippen molar-refractivity contribution in [3.05, 3.63) is 11.4 Å². The summed E-state index contributed by atoms with van der Waals surface area (Å²) in [5.41, 5.74) is 0. The lowest BCUT2D eigenvalue weighted by Crippen LogP contribution is -2.38. The van der Waals surface area contributed by atoms with Gasteiger partial charge in [-0.25, -0.2) is 15.6 Å². The van der Waals surface area contributed by atoms with Crippen LogP contribution in [0.3, 0.4) is 0 Å². The van der Waals surface area contributed by atoms with Crippen LogP contribution in [0.15, 0.2) is 0 Å². The molecule has 24 heavy (non-hydrogen) atoms. The van der Waals surface area contributed by atoms with E-state index >= 15 is 0 Å². The summed E-state index contributed by atoms with van der Waals surface area (Å²) in [7, 11) is 4.61. The quantitative estimate of drug-likeness (QED) is 0.216. The Labute approximate surface area is 149 Å². The van der Waals surface area contributed by atoms with Crippen molar-refractivity contribution in [2.75, 3.05) is 19.8 Å². The highest BCUT2D eigenvalue weighted by atomic mass is 31.2. The number of hydrogen-bond donors (Lipinski definition) is 0. The molecule has 0 N–H and O–H groups in total. The lowest BCUT2D eigenvalue weighted by Gasteiger charge is -2.37. The van der Waals surface area contributed by atoms with Gasteiger partial charge in [-0.1, -0.05) is 6.92 Å². The molecule has 0 aromatic heterocycles. The summed E-state index contributed by atoms with van der Waals surface area (Å²) < 4.78 is 32.3. The normalized spacial score (nSPS) is 17.0. The first kappa shape index (κ1) is 23.8. The fraction of sp³-hybridized carbons (Fsp3) is 0.938. The third kappa shape index (κ3) is 8.73. The van der Waals surface area contributed by atoms with E-state index in [1.165, 1.54) is 0 Å². The standard InChI is InChI=1S/C16H31BFN2O3P/c1-8-15(11-18)22-16(17)14(6)23-24(21-10-9-19-7)20(12(2)3)13(4)5/h12-16H,8-11H2,1-6H3/t14-,15-,16?,24?/m1/s1. The number of hydrogen-bond acceptors (Lipinski definition) is 4. The van der Waals surface area contributed by atoms with Gasteiger partial charge in [0.2, 0.25) is 6.54 Å². The zero-order valence-electron chi connectivity index (χ0n) is 15.7. The fourth-order valence-electron chi connectivity index (χ4n) is 2.07. The van der Waals surface area contributed by atoms with Crippen molar-refractivity contribution in [2.24, 2.45) is 0 Å². The Kier molecular flexibility index (Phi) is 12.9. The van der Waals surface area contributed by atoms with Gasteiger partial charge in [-0.15, -0.1) is 0 Å². The van der Waals surface area contributed by atoms with Crippen LogP contribution in [-0.2, 0) is 13.8 Å². The molecule has 0 aliphatic carbocycles. The third-order valence-electron chi connectivity index (χ3n) is 3.35. The number of ether oxygens (including phenoxy) is 1. The number of alkyl halides is 1. The summed E-state index contributed by atoms with van der Waals surface area (Å²) in [6.45, 7) is 18.8. The maximum absolute atomic E-state index is 12.8. The van der Waals surface area contributed by atoms with Gasteiger partial charge in [-0.3, -0.25) is 0 Å². The van der Waals surface area contributed by atoms with E-state index in [-0.39, 0.29) is 18.6 Å². The molecule has 4 atom stereocenters. The van der Waals surface area contributed by atoms with E-state index in [4.69, 9.17) is 28.2 Å². The first-order valence-electron chi connectivity index (χ1n) is 8.46. The molecule has 8 heteroatoms. The van der Waals surface area contributed by atoms with E-state index in [1.807, 2.05) is 6.92 Å². The second-order valence-corrected chi connectivity index (χ2v) is 7.52. The van der Waals surface area contributed by atoms with Gasteiger partial charge >= 0.3 is 0 Å². The molecule has 5 nitrogen and oxygen atoms in total. The molecule has 0 heterocycles. The fourth-order valence-corrected chi connectivity index (χ4v) is 3.77. The van der Waals surface area contributed by atoms with Crippen LogP contribution in [-0.4, -0.2) is 62.6 Å². The van der Waals surface area contributed by atoms with Crippen molar-refractivity contribution >= 4 is 16.4 Å². The highest BCUT2D eigenvalue weighted by Crippen LogP contribution is 2.47. The number of rotatable bonds is 13. The first-order valence-corrected chi connectivity index (χ1v) is 9.59. The Morgan fingerprint density at radius 2 is 1.79 bits per heavy atom. The predicted octanol–water partition coefficient (Wildman–Crippen LogP) is 3.93. The molecule has 0 fully saturated rings. The molecule has 0 saturated carbocycles. The van der Waals surface area contributed by atoms with Crippen molar-refractivity contribution < 1.29 is 18.2 Å². The molecule has 0 spiro atoms. The van der Waals surface area contributed by atoms with Gasteiger partial charge < -0.3 is 18.6 Å². The Morgan fingerprint density at radius 3 is 2.21 bits per heavy atom. The van der Waals surface area contributed by atoms with E-state index in [0.29, 0.717) is 13.0 Å². The monoisotopic (exact) mass is 360 g/mol. The van der Waals surface area contributed by atoms with Gasteiger partial charge in [0.25, 0.3) is 8.53 Å². The van der Waals surface area contributed by atoms with Gasteiger partial charge in [0, 0.05) is 18.1 Å². The van der Waals surface area contributed by atoms with Gasteiger partial charge in [-0.2, -0.15) is 0 Å². The van der Waals surface area contributed by atoms with Crippen LogP contribution in [0.1, 0.15) is 48.0 Å². The molecule has 2 radical (unpaired) electrons. The Balaban J connectivity index is 4.92. The smallest absolute Gasteiger partial charge is 0.259 e. The van der Waals surface area contributed by atoms with E-state index in [0.717, 1.165) is 0 Å². The van der Waals surface area contributed by atoms with Crippen LogP contribution in [0.5, 0.6) is 0 Å². The van der Waals surface area contributed by atoms with Crippen molar-refractivity contribution in [1.29, 1.82) is 0 Å². The molecule has 0 aromatic rings. The third-order valence-corrected chi connectivity index (χ3v) is 5.56. The summed E-state index contributed by atoms with van der Waals surface area (Å²) in [5, 5.41) is 0. The lowest BCUT2D eigenvalue weighted by atomic mass is 9.95. The zero-order chi connectivity index (χ0) is 18.7. The van der Waals surface area contributed by atoms with Crippen LogP contribution in [0, 0.1) is 6.57 Å². The van der Waals surface area contributed by atoms with Crippen molar-refractivity contribution in [1.82, 2.24) is 4.67 Å². The second kappa shape index (κ2) is 13.0. The SMILES string of the molecule is [B]C(O[C@H](CC)CF)[C@@H](C)OP(OCC[N+]#[C-])N(C(C)C)C(C)C. The minimum atomic E-state index is -1.38.